The van der Waals surface area contributed by atoms with Crippen LogP contribution in [0.4, 0.5) is 4.39 Å². The molecule has 5 heteroatoms. The minimum absolute atomic E-state index is 0.0770. The fraction of sp³-hybridized carbons (Fsp3) is 0.636. The molecule has 152 valence electrons. The molecule has 1 atom stereocenters. The average molecular weight is 380 g/mol. The largest absolute Gasteiger partial charge is 0.464 e. The summed E-state index contributed by atoms with van der Waals surface area (Å²) in [5.74, 6) is -1.71. The minimum Gasteiger partial charge on any atom is -0.464 e. The van der Waals surface area contributed by atoms with Crippen molar-refractivity contribution in [1.29, 1.82) is 0 Å². The average Bonchev–Trinajstić information content (AvgIpc) is 2.66. The number of carbonyl (C=O) groups excluding carboxylic acids is 2. The highest BCUT2D eigenvalue weighted by Crippen LogP contribution is 2.11. The molecule has 1 amide bonds. The topological polar surface area (TPSA) is 55.4 Å². The van der Waals surface area contributed by atoms with Gasteiger partial charge in [0.2, 0.25) is 0 Å². The molecule has 0 aliphatic rings. The second-order valence-electron chi connectivity index (χ2n) is 7.02. The van der Waals surface area contributed by atoms with Gasteiger partial charge < -0.3 is 10.1 Å². The Kier molecular flexibility index (Phi) is 12.2. The minimum atomic E-state index is -0.805. The fourth-order valence-electron chi connectivity index (χ4n) is 2.87. The van der Waals surface area contributed by atoms with E-state index in [1.165, 1.54) is 63.1 Å². The Bertz CT molecular complexity index is 562. The fourth-order valence-corrected chi connectivity index (χ4v) is 2.87. The normalized spacial score (nSPS) is 11.8. The lowest BCUT2D eigenvalue weighted by atomic mass is 10.1. The summed E-state index contributed by atoms with van der Waals surface area (Å²) in [5.41, 5.74) is -0.0770. The highest BCUT2D eigenvalue weighted by molar-refractivity contribution is 5.96. The maximum atomic E-state index is 13.6. The number of amides is 1. The van der Waals surface area contributed by atoms with Crippen LogP contribution in [-0.2, 0) is 9.53 Å². The number of nitrogens with one attached hydrogen (secondary N) is 1. The van der Waals surface area contributed by atoms with Gasteiger partial charge in [-0.15, -0.1) is 0 Å². The van der Waals surface area contributed by atoms with Crippen LogP contribution in [0.5, 0.6) is 0 Å². The highest BCUT2D eigenvalue weighted by atomic mass is 19.1. The summed E-state index contributed by atoms with van der Waals surface area (Å²) in [4.78, 5) is 23.9. The zero-order valence-electron chi connectivity index (χ0n) is 16.8. The van der Waals surface area contributed by atoms with Crippen molar-refractivity contribution < 1.29 is 18.7 Å². The molecule has 0 heterocycles. The number of hydrogen-bond acceptors (Lipinski definition) is 3. The van der Waals surface area contributed by atoms with E-state index < -0.39 is 23.7 Å². The van der Waals surface area contributed by atoms with Crippen LogP contribution in [0.1, 0.15) is 88.4 Å². The summed E-state index contributed by atoms with van der Waals surface area (Å²) in [6.45, 7) is 4.12. The van der Waals surface area contributed by atoms with Crippen molar-refractivity contribution >= 4 is 11.9 Å². The Morgan fingerprint density at radius 2 is 1.52 bits per heavy atom. The molecule has 1 N–H and O–H groups in total. The molecular weight excluding hydrogens is 345 g/mol. The summed E-state index contributed by atoms with van der Waals surface area (Å²) in [6, 6.07) is 4.87. The predicted octanol–water partition coefficient (Wildman–Crippen LogP) is 5.41. The van der Waals surface area contributed by atoms with Gasteiger partial charge in [-0.2, -0.15) is 0 Å². The van der Waals surface area contributed by atoms with E-state index in [9.17, 15) is 14.0 Å². The summed E-state index contributed by atoms with van der Waals surface area (Å²) in [6.07, 6.45) is 12.2. The third kappa shape index (κ3) is 10.1. The quantitative estimate of drug-likeness (QED) is 0.347. The molecule has 4 nitrogen and oxygen atoms in total. The Balaban J connectivity index is 2.07. The maximum Gasteiger partial charge on any atom is 0.328 e. The number of rotatable bonds is 14. The Labute approximate surface area is 162 Å². The summed E-state index contributed by atoms with van der Waals surface area (Å²) in [5, 5.41) is 2.47. The highest BCUT2D eigenvalue weighted by Gasteiger charge is 2.19. The molecule has 0 unspecified atom stereocenters. The van der Waals surface area contributed by atoms with Crippen LogP contribution in [0.3, 0.4) is 0 Å². The number of benzene rings is 1. The summed E-state index contributed by atoms with van der Waals surface area (Å²) < 4.78 is 18.8. The van der Waals surface area contributed by atoms with Crippen LogP contribution in [0, 0.1) is 5.82 Å². The first kappa shape index (κ1) is 23.1. The van der Waals surface area contributed by atoms with Crippen molar-refractivity contribution in [2.45, 2.75) is 84.1 Å². The molecule has 0 saturated carbocycles. The van der Waals surface area contributed by atoms with Crippen LogP contribution in [0.2, 0.25) is 0 Å². The SMILES string of the molecule is CCCCCCCCCCCCOC(=O)[C@H](C)NC(=O)c1ccccc1F. The molecule has 0 saturated heterocycles. The zero-order chi connectivity index (χ0) is 19.9. The van der Waals surface area contributed by atoms with Gasteiger partial charge >= 0.3 is 5.97 Å². The molecule has 1 rings (SSSR count). The molecule has 0 aliphatic carbocycles. The number of unbranched alkanes of at least 4 members (excludes halogenated alkanes) is 9. The molecule has 1 aromatic rings. The Morgan fingerprint density at radius 1 is 0.963 bits per heavy atom. The first-order chi connectivity index (χ1) is 13.1. The van der Waals surface area contributed by atoms with E-state index >= 15 is 0 Å². The van der Waals surface area contributed by atoms with E-state index in [2.05, 4.69) is 12.2 Å². The standard InChI is InChI=1S/C22H34FNO3/c1-3-4-5-6-7-8-9-10-11-14-17-27-22(26)18(2)24-21(25)19-15-12-13-16-20(19)23/h12-13,15-16,18H,3-11,14,17H2,1-2H3,(H,24,25)/t18-/m0/s1. The van der Waals surface area contributed by atoms with Crippen LogP contribution in [0.25, 0.3) is 0 Å². The number of carbonyl (C=O) groups is 2. The van der Waals surface area contributed by atoms with Crippen LogP contribution in [-0.4, -0.2) is 24.5 Å². The summed E-state index contributed by atoms with van der Waals surface area (Å²) in [7, 11) is 0. The molecular formula is C22H34FNO3. The maximum absolute atomic E-state index is 13.6. The van der Waals surface area contributed by atoms with E-state index in [-0.39, 0.29) is 5.56 Å². The molecule has 0 bridgehead atoms. The molecule has 27 heavy (non-hydrogen) atoms. The molecule has 0 spiro atoms. The Hall–Kier alpha value is -1.91. The van der Waals surface area contributed by atoms with Gasteiger partial charge in [0.25, 0.3) is 5.91 Å². The number of hydrogen-bond donors (Lipinski definition) is 1. The first-order valence-electron chi connectivity index (χ1n) is 10.3. The van der Waals surface area contributed by atoms with E-state index in [0.29, 0.717) is 6.61 Å². The van der Waals surface area contributed by atoms with Gasteiger partial charge in [-0.25, -0.2) is 9.18 Å². The van der Waals surface area contributed by atoms with Crippen LogP contribution in [0.15, 0.2) is 24.3 Å². The van der Waals surface area contributed by atoms with Crippen LogP contribution < -0.4 is 5.32 Å². The van der Waals surface area contributed by atoms with Crippen LogP contribution >= 0.6 is 0 Å². The molecule has 1 aromatic carbocycles. The first-order valence-corrected chi connectivity index (χ1v) is 10.3. The van der Waals surface area contributed by atoms with Crippen molar-refractivity contribution in [2.75, 3.05) is 6.61 Å². The van der Waals surface area contributed by atoms with Gasteiger partial charge in [-0.05, 0) is 25.5 Å². The third-order valence-electron chi connectivity index (χ3n) is 4.56. The van der Waals surface area contributed by atoms with E-state index in [4.69, 9.17) is 4.74 Å². The smallest absolute Gasteiger partial charge is 0.328 e. The lowest BCUT2D eigenvalue weighted by molar-refractivity contribution is -0.145. The van der Waals surface area contributed by atoms with Crippen molar-refractivity contribution in [1.82, 2.24) is 5.32 Å². The van der Waals surface area contributed by atoms with Gasteiger partial charge in [0.05, 0.1) is 12.2 Å². The number of halogens is 1. The molecule has 0 aliphatic heterocycles. The lowest BCUT2D eigenvalue weighted by Gasteiger charge is -2.13. The second-order valence-corrected chi connectivity index (χ2v) is 7.02. The second kappa shape index (κ2) is 14.2. The van der Waals surface area contributed by atoms with Crippen molar-refractivity contribution in [2.24, 2.45) is 0 Å². The van der Waals surface area contributed by atoms with Gasteiger partial charge in [0, 0.05) is 0 Å². The lowest BCUT2D eigenvalue weighted by Crippen LogP contribution is -2.40. The van der Waals surface area contributed by atoms with Crippen molar-refractivity contribution in [3.8, 4) is 0 Å². The van der Waals surface area contributed by atoms with Gasteiger partial charge in [-0.1, -0.05) is 76.8 Å². The van der Waals surface area contributed by atoms with E-state index in [0.717, 1.165) is 19.3 Å². The predicted molar refractivity (Wildman–Crippen MR) is 106 cm³/mol. The van der Waals surface area contributed by atoms with Crippen molar-refractivity contribution in [3.63, 3.8) is 0 Å². The Morgan fingerprint density at radius 3 is 2.11 bits per heavy atom. The monoisotopic (exact) mass is 379 g/mol. The van der Waals surface area contributed by atoms with Gasteiger partial charge in [0.15, 0.2) is 0 Å². The zero-order valence-corrected chi connectivity index (χ0v) is 16.8. The van der Waals surface area contributed by atoms with Crippen molar-refractivity contribution in [3.05, 3.63) is 35.6 Å². The van der Waals surface area contributed by atoms with E-state index in [1.54, 1.807) is 13.0 Å². The number of ether oxygens (including phenoxy) is 1. The number of esters is 1. The molecule has 0 aromatic heterocycles. The van der Waals surface area contributed by atoms with Gasteiger partial charge in [0.1, 0.15) is 11.9 Å². The third-order valence-corrected chi connectivity index (χ3v) is 4.56. The summed E-state index contributed by atoms with van der Waals surface area (Å²) >= 11 is 0. The van der Waals surface area contributed by atoms with E-state index in [1.807, 2.05) is 0 Å². The molecule has 0 fully saturated rings. The van der Waals surface area contributed by atoms with Gasteiger partial charge in [-0.3, -0.25) is 4.79 Å². The molecule has 0 radical (unpaired) electrons.